The van der Waals surface area contributed by atoms with Crippen LogP contribution in [0.3, 0.4) is 0 Å². The van der Waals surface area contributed by atoms with Gasteiger partial charge in [-0.1, -0.05) is 0 Å². The molecule has 2 aromatic rings. The summed E-state index contributed by atoms with van der Waals surface area (Å²) in [6, 6.07) is 10.8. The summed E-state index contributed by atoms with van der Waals surface area (Å²) < 4.78 is 0. The van der Waals surface area contributed by atoms with E-state index in [9.17, 15) is 4.79 Å². The molecule has 0 saturated carbocycles. The molecule has 0 aliphatic carbocycles. The fraction of sp³-hybridized carbons (Fsp3) is 0.368. The van der Waals surface area contributed by atoms with E-state index in [1.165, 1.54) is 0 Å². The molecule has 26 heavy (non-hydrogen) atoms. The highest BCUT2D eigenvalue weighted by Gasteiger charge is 2.24. The Labute approximate surface area is 153 Å². The van der Waals surface area contributed by atoms with Crippen molar-refractivity contribution in [1.82, 2.24) is 14.9 Å². The van der Waals surface area contributed by atoms with Crippen LogP contribution in [0.15, 0.2) is 30.3 Å². The molecule has 1 aliphatic heterocycles. The lowest BCUT2D eigenvalue weighted by molar-refractivity contribution is 0.0746. The summed E-state index contributed by atoms with van der Waals surface area (Å²) in [5.41, 5.74) is 2.09. The third kappa shape index (κ3) is 3.75. The first kappa shape index (κ1) is 17.7. The molecule has 1 saturated heterocycles. The molecule has 2 heterocycles. The summed E-state index contributed by atoms with van der Waals surface area (Å²) in [5.74, 6) is 1.58. The van der Waals surface area contributed by atoms with Crippen LogP contribution < -0.4 is 9.80 Å². The molecule has 0 atom stereocenters. The highest BCUT2D eigenvalue weighted by atomic mass is 16.2. The summed E-state index contributed by atoms with van der Waals surface area (Å²) >= 11 is 0. The maximum atomic E-state index is 12.6. The molecule has 1 aromatic heterocycles. The molecule has 1 aromatic carbocycles. The summed E-state index contributed by atoms with van der Waals surface area (Å²) in [7, 11) is 3.92. The molecule has 0 unspecified atom stereocenters. The van der Waals surface area contributed by atoms with Gasteiger partial charge in [-0.25, -0.2) is 4.98 Å². The zero-order chi connectivity index (χ0) is 18.7. The first-order valence-electron chi connectivity index (χ1n) is 8.55. The van der Waals surface area contributed by atoms with Gasteiger partial charge < -0.3 is 14.7 Å². The Kier molecular flexibility index (Phi) is 5.03. The van der Waals surface area contributed by atoms with Crippen molar-refractivity contribution in [2.45, 2.75) is 6.92 Å². The lowest BCUT2D eigenvalue weighted by Gasteiger charge is -2.35. The van der Waals surface area contributed by atoms with Crippen molar-refractivity contribution in [3.8, 4) is 6.07 Å². The van der Waals surface area contributed by atoms with Gasteiger partial charge in [0.1, 0.15) is 5.82 Å². The average molecular weight is 350 g/mol. The van der Waals surface area contributed by atoms with E-state index in [0.717, 1.165) is 11.5 Å². The van der Waals surface area contributed by atoms with Crippen LogP contribution in [0.4, 0.5) is 11.8 Å². The Bertz CT molecular complexity index is 832. The summed E-state index contributed by atoms with van der Waals surface area (Å²) in [6.45, 7) is 4.58. The van der Waals surface area contributed by atoms with Crippen LogP contribution >= 0.6 is 0 Å². The zero-order valence-electron chi connectivity index (χ0n) is 15.3. The predicted octanol–water partition coefficient (Wildman–Crippen LogP) is 1.69. The molecule has 7 nitrogen and oxygen atoms in total. The number of aryl methyl sites for hydroxylation is 1. The molecular formula is C19H22N6O. The number of hydrogen-bond acceptors (Lipinski definition) is 6. The van der Waals surface area contributed by atoms with Crippen molar-refractivity contribution in [2.75, 3.05) is 50.1 Å². The number of amides is 1. The van der Waals surface area contributed by atoms with E-state index in [4.69, 9.17) is 5.26 Å². The number of nitrogens with zero attached hydrogens (tertiary/aromatic N) is 6. The van der Waals surface area contributed by atoms with E-state index < -0.39 is 0 Å². The van der Waals surface area contributed by atoms with E-state index in [1.54, 1.807) is 24.3 Å². The van der Waals surface area contributed by atoms with Gasteiger partial charge in [0.2, 0.25) is 5.95 Å². The van der Waals surface area contributed by atoms with Crippen LogP contribution in [-0.2, 0) is 0 Å². The smallest absolute Gasteiger partial charge is 0.253 e. The highest BCUT2D eigenvalue weighted by Crippen LogP contribution is 2.18. The summed E-state index contributed by atoms with van der Waals surface area (Å²) in [4.78, 5) is 27.7. The van der Waals surface area contributed by atoms with Gasteiger partial charge in [-0.3, -0.25) is 4.79 Å². The fourth-order valence-electron chi connectivity index (χ4n) is 2.89. The number of aromatic nitrogens is 2. The molecule has 1 aliphatic rings. The molecule has 7 heteroatoms. The number of nitriles is 1. The maximum absolute atomic E-state index is 12.6. The largest absolute Gasteiger partial charge is 0.363 e. The fourth-order valence-corrected chi connectivity index (χ4v) is 2.89. The van der Waals surface area contributed by atoms with Crippen molar-refractivity contribution in [3.05, 3.63) is 47.2 Å². The van der Waals surface area contributed by atoms with Crippen LogP contribution in [-0.4, -0.2) is 61.0 Å². The van der Waals surface area contributed by atoms with Gasteiger partial charge in [0, 0.05) is 57.6 Å². The van der Waals surface area contributed by atoms with E-state index in [-0.39, 0.29) is 5.91 Å². The highest BCUT2D eigenvalue weighted by molar-refractivity contribution is 5.94. The van der Waals surface area contributed by atoms with Gasteiger partial charge in [-0.05, 0) is 31.2 Å². The van der Waals surface area contributed by atoms with E-state index >= 15 is 0 Å². The van der Waals surface area contributed by atoms with Gasteiger partial charge in [-0.2, -0.15) is 10.2 Å². The number of carbonyl (C=O) groups excluding carboxylic acids is 1. The van der Waals surface area contributed by atoms with Gasteiger partial charge in [-0.15, -0.1) is 0 Å². The minimum absolute atomic E-state index is 0.00622. The second-order valence-corrected chi connectivity index (χ2v) is 6.53. The lowest BCUT2D eigenvalue weighted by atomic mass is 10.1. The van der Waals surface area contributed by atoms with Crippen LogP contribution in [0.25, 0.3) is 0 Å². The molecule has 0 bridgehead atoms. The monoisotopic (exact) mass is 350 g/mol. The number of benzene rings is 1. The Morgan fingerprint density at radius 1 is 1.12 bits per heavy atom. The van der Waals surface area contributed by atoms with Gasteiger partial charge in [0.15, 0.2) is 0 Å². The van der Waals surface area contributed by atoms with E-state index in [0.29, 0.717) is 43.3 Å². The number of piperazine rings is 1. The second-order valence-electron chi connectivity index (χ2n) is 6.53. The van der Waals surface area contributed by atoms with Crippen molar-refractivity contribution in [3.63, 3.8) is 0 Å². The minimum atomic E-state index is -0.00622. The Morgan fingerprint density at radius 2 is 1.77 bits per heavy atom. The van der Waals surface area contributed by atoms with Crippen molar-refractivity contribution < 1.29 is 4.79 Å². The standard InChI is InChI=1S/C19H22N6O/c1-14-12-17(23(2)3)22-19(21-14)25-10-8-24(9-11-25)18(26)16-6-4-15(13-20)5-7-16/h4-7,12H,8-11H2,1-3H3. The summed E-state index contributed by atoms with van der Waals surface area (Å²) in [6.07, 6.45) is 0. The number of rotatable bonds is 3. The molecule has 0 spiro atoms. The topological polar surface area (TPSA) is 76.4 Å². The average Bonchev–Trinajstić information content (AvgIpc) is 2.67. The molecule has 0 N–H and O–H groups in total. The third-order valence-corrected chi connectivity index (χ3v) is 4.40. The minimum Gasteiger partial charge on any atom is -0.363 e. The Balaban J connectivity index is 1.67. The number of hydrogen-bond donors (Lipinski definition) is 0. The van der Waals surface area contributed by atoms with Gasteiger partial charge >= 0.3 is 0 Å². The van der Waals surface area contributed by atoms with Crippen LogP contribution in [0, 0.1) is 18.3 Å². The Morgan fingerprint density at radius 3 is 2.35 bits per heavy atom. The van der Waals surface area contributed by atoms with Crippen LogP contribution in [0.1, 0.15) is 21.6 Å². The number of anilines is 2. The van der Waals surface area contributed by atoms with Crippen LogP contribution in [0.5, 0.6) is 0 Å². The zero-order valence-corrected chi connectivity index (χ0v) is 15.3. The molecule has 134 valence electrons. The molecule has 1 fully saturated rings. The van der Waals surface area contributed by atoms with Gasteiger partial charge in [0.25, 0.3) is 5.91 Å². The van der Waals surface area contributed by atoms with Crippen molar-refractivity contribution in [2.24, 2.45) is 0 Å². The normalized spacial score (nSPS) is 14.1. The predicted molar refractivity (Wildman–Crippen MR) is 100 cm³/mol. The Hall–Kier alpha value is -3.14. The molecular weight excluding hydrogens is 328 g/mol. The quantitative estimate of drug-likeness (QED) is 0.838. The first-order valence-corrected chi connectivity index (χ1v) is 8.55. The van der Waals surface area contributed by atoms with Crippen molar-refractivity contribution >= 4 is 17.7 Å². The molecule has 1 amide bonds. The first-order chi connectivity index (χ1) is 12.5. The summed E-state index contributed by atoms with van der Waals surface area (Å²) in [5, 5.41) is 8.86. The lowest BCUT2D eigenvalue weighted by Crippen LogP contribution is -2.49. The number of carbonyl (C=O) groups is 1. The van der Waals surface area contributed by atoms with Gasteiger partial charge in [0.05, 0.1) is 11.6 Å². The van der Waals surface area contributed by atoms with Crippen LogP contribution in [0.2, 0.25) is 0 Å². The van der Waals surface area contributed by atoms with Crippen molar-refractivity contribution in [1.29, 1.82) is 5.26 Å². The third-order valence-electron chi connectivity index (χ3n) is 4.40. The van der Waals surface area contributed by atoms with E-state index in [1.807, 2.05) is 36.9 Å². The molecule has 0 radical (unpaired) electrons. The van der Waals surface area contributed by atoms with E-state index in [2.05, 4.69) is 20.9 Å². The second kappa shape index (κ2) is 7.40. The SMILES string of the molecule is Cc1cc(N(C)C)nc(N2CCN(C(=O)c3ccc(C#N)cc3)CC2)n1. The maximum Gasteiger partial charge on any atom is 0.253 e. The molecule has 3 rings (SSSR count).